The summed E-state index contributed by atoms with van der Waals surface area (Å²) in [7, 11) is 0. The third-order valence-corrected chi connectivity index (χ3v) is 3.16. The number of cyclic esters (lactones) is 2. The van der Waals surface area contributed by atoms with Crippen molar-refractivity contribution in [3.8, 4) is 0 Å². The summed E-state index contributed by atoms with van der Waals surface area (Å²) < 4.78 is 10.2. The van der Waals surface area contributed by atoms with Crippen LogP contribution in [-0.2, 0) is 23.9 Å². The van der Waals surface area contributed by atoms with Crippen LogP contribution in [0, 0.1) is 0 Å². The van der Waals surface area contributed by atoms with E-state index in [1.165, 1.54) is 18.2 Å². The van der Waals surface area contributed by atoms with Crippen LogP contribution >= 0.6 is 0 Å². The third kappa shape index (κ3) is 7.73. The van der Waals surface area contributed by atoms with Crippen molar-refractivity contribution in [1.29, 1.82) is 0 Å². The van der Waals surface area contributed by atoms with Gasteiger partial charge in [-0.1, -0.05) is 0 Å². The Bertz CT molecular complexity index is 465. The summed E-state index contributed by atoms with van der Waals surface area (Å²) in [4.78, 5) is 34.6. The first kappa shape index (κ1) is 18.1. The molecule has 0 unspecified atom stereocenters. The van der Waals surface area contributed by atoms with E-state index >= 15 is 0 Å². The normalized spacial score (nSPS) is 32.0. The summed E-state index contributed by atoms with van der Waals surface area (Å²) >= 11 is 0. The van der Waals surface area contributed by atoms with Crippen molar-refractivity contribution < 1.29 is 29.0 Å². The number of carbonyl (C=O) groups is 3. The van der Waals surface area contributed by atoms with Crippen LogP contribution in [0.15, 0.2) is 24.3 Å². The summed E-state index contributed by atoms with van der Waals surface area (Å²) in [5, 5.41) is 9.73. The molecule has 6 heteroatoms. The van der Waals surface area contributed by atoms with Crippen LogP contribution in [-0.4, -0.2) is 41.1 Å². The van der Waals surface area contributed by atoms with Gasteiger partial charge in [-0.05, 0) is 45.3 Å². The molecule has 6 nitrogen and oxygen atoms in total. The number of hydrogen-bond donors (Lipinski definition) is 1. The highest BCUT2D eigenvalue weighted by atomic mass is 16.5. The molecule has 0 spiro atoms. The minimum absolute atomic E-state index is 0.167. The van der Waals surface area contributed by atoms with Gasteiger partial charge in [-0.25, -0.2) is 9.59 Å². The van der Waals surface area contributed by atoms with Crippen LogP contribution < -0.4 is 0 Å². The molecule has 1 aliphatic rings. The van der Waals surface area contributed by atoms with Crippen LogP contribution in [0.25, 0.3) is 0 Å². The number of aliphatic hydroxyl groups is 1. The van der Waals surface area contributed by atoms with Crippen LogP contribution in [0.4, 0.5) is 0 Å². The van der Waals surface area contributed by atoms with E-state index in [4.69, 9.17) is 9.47 Å². The van der Waals surface area contributed by atoms with Crippen molar-refractivity contribution >= 4 is 17.7 Å². The second-order valence-electron chi connectivity index (χ2n) is 5.34. The van der Waals surface area contributed by atoms with E-state index in [0.29, 0.717) is 19.3 Å². The lowest BCUT2D eigenvalue weighted by atomic mass is 10.1. The lowest BCUT2D eigenvalue weighted by molar-refractivity contribution is -0.143. The summed E-state index contributed by atoms with van der Waals surface area (Å²) in [6.07, 6.45) is 4.46. The predicted octanol–water partition coefficient (Wildman–Crippen LogP) is 1.47. The third-order valence-electron chi connectivity index (χ3n) is 3.16. The highest BCUT2D eigenvalue weighted by Crippen LogP contribution is 2.09. The maximum Gasteiger partial charge on any atom is 0.331 e. The zero-order valence-corrected chi connectivity index (χ0v) is 12.9. The topological polar surface area (TPSA) is 89.9 Å². The molecule has 3 atom stereocenters. The monoisotopic (exact) mass is 310 g/mol. The standard InChI is InChI=1S/C16H22O6/c1-11-3-5-13(17)8-10-16(20)22-12(2)4-6-14(18)7-9-15(19)21-11/h7-13,17H,3-6H2,1-2H3/b9-7-,10-8+/t11-,12-,13+/m1/s1. The van der Waals surface area contributed by atoms with Gasteiger partial charge < -0.3 is 14.6 Å². The Morgan fingerprint density at radius 1 is 0.909 bits per heavy atom. The van der Waals surface area contributed by atoms with Crippen molar-refractivity contribution in [1.82, 2.24) is 0 Å². The minimum atomic E-state index is -0.811. The van der Waals surface area contributed by atoms with Gasteiger partial charge >= 0.3 is 11.9 Å². The van der Waals surface area contributed by atoms with Crippen molar-refractivity contribution in [2.75, 3.05) is 0 Å². The maximum atomic E-state index is 11.6. The first-order valence-corrected chi connectivity index (χ1v) is 7.35. The molecule has 1 N–H and O–H groups in total. The van der Waals surface area contributed by atoms with E-state index in [1.54, 1.807) is 13.8 Å². The molecule has 1 aliphatic heterocycles. The molecule has 0 saturated heterocycles. The molecule has 1 rings (SSSR count). The molecule has 0 bridgehead atoms. The number of esters is 2. The molecule has 0 fully saturated rings. The van der Waals surface area contributed by atoms with Crippen LogP contribution in [0.5, 0.6) is 0 Å². The highest BCUT2D eigenvalue weighted by molar-refractivity contribution is 5.95. The van der Waals surface area contributed by atoms with E-state index in [2.05, 4.69) is 0 Å². The Morgan fingerprint density at radius 3 is 2.18 bits per heavy atom. The van der Waals surface area contributed by atoms with Gasteiger partial charge in [-0.3, -0.25) is 4.79 Å². The molecule has 0 saturated carbocycles. The van der Waals surface area contributed by atoms with Gasteiger partial charge in [0.1, 0.15) is 0 Å². The smallest absolute Gasteiger partial charge is 0.331 e. The van der Waals surface area contributed by atoms with E-state index in [1.807, 2.05) is 0 Å². The van der Waals surface area contributed by atoms with Crippen molar-refractivity contribution in [2.45, 2.75) is 57.8 Å². The zero-order chi connectivity index (χ0) is 16.5. The number of rotatable bonds is 0. The van der Waals surface area contributed by atoms with E-state index < -0.39 is 30.3 Å². The van der Waals surface area contributed by atoms with Gasteiger partial charge in [0.05, 0.1) is 18.3 Å². The number of aliphatic hydroxyl groups excluding tert-OH is 1. The molecule has 1 heterocycles. The molecule has 22 heavy (non-hydrogen) atoms. The molecule has 0 aromatic heterocycles. The first-order chi connectivity index (χ1) is 10.4. The summed E-state index contributed by atoms with van der Waals surface area (Å²) in [5.41, 5.74) is 0. The largest absolute Gasteiger partial charge is 0.460 e. The van der Waals surface area contributed by atoms with Gasteiger partial charge in [-0.15, -0.1) is 0 Å². The fraction of sp³-hybridized carbons (Fsp3) is 0.562. The van der Waals surface area contributed by atoms with Gasteiger partial charge in [0.2, 0.25) is 0 Å². The van der Waals surface area contributed by atoms with Gasteiger partial charge in [0.25, 0.3) is 0 Å². The SMILES string of the molecule is C[C@@H]1CC[C@H](O)/C=C/C(=O)O[C@H](C)CCC(=O)/C=C\C(=O)O1. The number of ketones is 1. The van der Waals surface area contributed by atoms with E-state index in [-0.39, 0.29) is 12.2 Å². The predicted molar refractivity (Wildman–Crippen MR) is 78.9 cm³/mol. The molecular formula is C16H22O6. The van der Waals surface area contributed by atoms with Gasteiger partial charge in [0, 0.05) is 18.6 Å². The maximum absolute atomic E-state index is 11.6. The van der Waals surface area contributed by atoms with Crippen LogP contribution in [0.3, 0.4) is 0 Å². The van der Waals surface area contributed by atoms with Crippen LogP contribution in [0.1, 0.15) is 39.5 Å². The second-order valence-corrected chi connectivity index (χ2v) is 5.34. The Hall–Kier alpha value is -1.95. The lowest BCUT2D eigenvalue weighted by Crippen LogP contribution is -2.17. The van der Waals surface area contributed by atoms with Crippen LogP contribution in [0.2, 0.25) is 0 Å². The summed E-state index contributed by atoms with van der Waals surface area (Å²) in [6.45, 7) is 3.38. The lowest BCUT2D eigenvalue weighted by Gasteiger charge is -2.14. The Kier molecular flexibility index (Phi) is 7.52. The Labute approximate surface area is 129 Å². The van der Waals surface area contributed by atoms with E-state index in [9.17, 15) is 19.5 Å². The average Bonchev–Trinajstić information content (AvgIpc) is 2.46. The number of allylic oxidation sites excluding steroid dienone is 1. The minimum Gasteiger partial charge on any atom is -0.460 e. The highest BCUT2D eigenvalue weighted by Gasteiger charge is 2.13. The molecular weight excluding hydrogens is 288 g/mol. The first-order valence-electron chi connectivity index (χ1n) is 7.35. The second kappa shape index (κ2) is 9.15. The van der Waals surface area contributed by atoms with Gasteiger partial charge in [-0.2, -0.15) is 0 Å². The summed E-state index contributed by atoms with van der Waals surface area (Å²) in [5.74, 6) is -1.37. The summed E-state index contributed by atoms with van der Waals surface area (Å²) in [6, 6.07) is 0. The van der Waals surface area contributed by atoms with Gasteiger partial charge in [0.15, 0.2) is 5.78 Å². The average molecular weight is 310 g/mol. The molecule has 0 radical (unpaired) electrons. The molecule has 0 amide bonds. The molecule has 0 aromatic rings. The quantitative estimate of drug-likeness (QED) is 0.681. The Morgan fingerprint density at radius 2 is 1.50 bits per heavy atom. The fourth-order valence-electron chi connectivity index (χ4n) is 1.87. The molecule has 0 aliphatic carbocycles. The van der Waals surface area contributed by atoms with Crippen molar-refractivity contribution in [2.24, 2.45) is 0 Å². The molecule has 122 valence electrons. The van der Waals surface area contributed by atoms with E-state index in [0.717, 1.165) is 6.08 Å². The van der Waals surface area contributed by atoms with Crippen molar-refractivity contribution in [3.05, 3.63) is 24.3 Å². The molecule has 0 aromatic carbocycles. The number of hydrogen-bond acceptors (Lipinski definition) is 6. The zero-order valence-electron chi connectivity index (χ0n) is 12.9. The fourth-order valence-corrected chi connectivity index (χ4v) is 1.87. The number of carbonyl (C=O) groups excluding carboxylic acids is 3. The number of ether oxygens (including phenoxy) is 2. The Balaban J connectivity index is 2.72. The van der Waals surface area contributed by atoms with Crippen molar-refractivity contribution in [3.63, 3.8) is 0 Å².